The number of alkyl halides is 3. The number of carbonyl (C=O) groups is 1. The number of amides is 1. The van der Waals surface area contributed by atoms with Gasteiger partial charge in [0.15, 0.2) is 0 Å². The highest BCUT2D eigenvalue weighted by Gasteiger charge is 2.28. The van der Waals surface area contributed by atoms with Crippen LogP contribution in [-0.4, -0.2) is 59.8 Å². The molecule has 10 heteroatoms. The summed E-state index contributed by atoms with van der Waals surface area (Å²) < 4.78 is 36.8. The van der Waals surface area contributed by atoms with Crippen LogP contribution in [0, 0.1) is 0 Å². The van der Waals surface area contributed by atoms with E-state index in [2.05, 4.69) is 26.2 Å². The highest BCUT2D eigenvalue weighted by Crippen LogP contribution is 2.28. The average Bonchev–Trinajstić information content (AvgIpc) is 3.26. The summed E-state index contributed by atoms with van der Waals surface area (Å²) in [4.78, 5) is 21.7. The second kappa shape index (κ2) is 9.80. The van der Waals surface area contributed by atoms with Crippen molar-refractivity contribution in [3.63, 3.8) is 0 Å². The first kappa shape index (κ1) is 23.1. The molecule has 0 saturated carbocycles. The number of thiophene rings is 1. The highest BCUT2D eigenvalue weighted by molar-refractivity contribution is 7.10. The molecule has 3 heterocycles. The van der Waals surface area contributed by atoms with E-state index < -0.39 is 18.6 Å². The van der Waals surface area contributed by atoms with Crippen molar-refractivity contribution in [3.05, 3.63) is 64.6 Å². The summed E-state index contributed by atoms with van der Waals surface area (Å²) in [6.07, 6.45) is -1.29. The second-order valence-electron chi connectivity index (χ2n) is 7.84. The normalized spacial score (nSPS) is 14.9. The van der Waals surface area contributed by atoms with E-state index in [-0.39, 0.29) is 11.3 Å². The Bertz CT molecular complexity index is 1090. The molecule has 2 aromatic heterocycles. The fourth-order valence-electron chi connectivity index (χ4n) is 3.69. The van der Waals surface area contributed by atoms with Crippen molar-refractivity contribution >= 4 is 22.9 Å². The minimum atomic E-state index is -4.43. The molecule has 1 fully saturated rings. The van der Waals surface area contributed by atoms with E-state index in [9.17, 15) is 23.1 Å². The molecule has 1 saturated heterocycles. The SMILES string of the molecule is O=C(NCC(F)(F)F)c1ccc(N2CCN(Cc3cc(-c4cncc(O)c4)cs3)CC2)cc1. The Kier molecular flexibility index (Phi) is 6.85. The van der Waals surface area contributed by atoms with E-state index in [1.54, 1.807) is 47.9 Å². The van der Waals surface area contributed by atoms with E-state index in [4.69, 9.17) is 0 Å². The molecule has 0 radical (unpaired) electrons. The maximum Gasteiger partial charge on any atom is 0.405 e. The van der Waals surface area contributed by atoms with Crippen LogP contribution in [0.15, 0.2) is 54.2 Å². The van der Waals surface area contributed by atoms with E-state index in [0.717, 1.165) is 49.5 Å². The Labute approximate surface area is 193 Å². The van der Waals surface area contributed by atoms with Crippen molar-refractivity contribution < 1.29 is 23.1 Å². The molecule has 4 rings (SSSR count). The van der Waals surface area contributed by atoms with Gasteiger partial charge in [0.2, 0.25) is 0 Å². The third-order valence-electron chi connectivity index (χ3n) is 5.41. The van der Waals surface area contributed by atoms with Gasteiger partial charge in [-0.2, -0.15) is 13.2 Å². The first-order chi connectivity index (χ1) is 15.8. The number of rotatable bonds is 6. The van der Waals surface area contributed by atoms with Crippen LogP contribution in [0.25, 0.3) is 11.1 Å². The zero-order chi connectivity index (χ0) is 23.4. The van der Waals surface area contributed by atoms with Gasteiger partial charge in [-0.1, -0.05) is 0 Å². The van der Waals surface area contributed by atoms with Crippen LogP contribution in [0.4, 0.5) is 18.9 Å². The summed E-state index contributed by atoms with van der Waals surface area (Å²) in [5.74, 6) is -0.591. The number of aromatic nitrogens is 1. The Morgan fingerprint density at radius 1 is 1.06 bits per heavy atom. The minimum absolute atomic E-state index is 0.145. The Morgan fingerprint density at radius 2 is 1.79 bits per heavy atom. The van der Waals surface area contributed by atoms with Gasteiger partial charge in [-0.15, -0.1) is 11.3 Å². The molecule has 1 aliphatic heterocycles. The van der Waals surface area contributed by atoms with Crippen LogP contribution in [0.2, 0.25) is 0 Å². The molecule has 0 atom stereocenters. The average molecular weight is 477 g/mol. The molecule has 174 valence electrons. The topological polar surface area (TPSA) is 68.7 Å². The van der Waals surface area contributed by atoms with Crippen molar-refractivity contribution in [1.82, 2.24) is 15.2 Å². The van der Waals surface area contributed by atoms with Crippen molar-refractivity contribution in [2.24, 2.45) is 0 Å². The van der Waals surface area contributed by atoms with Gasteiger partial charge in [-0.25, -0.2) is 0 Å². The maximum atomic E-state index is 12.3. The van der Waals surface area contributed by atoms with Gasteiger partial charge >= 0.3 is 6.18 Å². The molecule has 0 bridgehead atoms. The van der Waals surface area contributed by atoms with Gasteiger partial charge in [0.05, 0.1) is 6.20 Å². The first-order valence-corrected chi connectivity index (χ1v) is 11.3. The summed E-state index contributed by atoms with van der Waals surface area (Å²) >= 11 is 1.68. The number of aromatic hydroxyl groups is 1. The third-order valence-corrected chi connectivity index (χ3v) is 6.33. The lowest BCUT2D eigenvalue weighted by atomic mass is 10.1. The molecular weight excluding hydrogens is 453 g/mol. The predicted molar refractivity (Wildman–Crippen MR) is 122 cm³/mol. The summed E-state index contributed by atoms with van der Waals surface area (Å²) in [6, 6.07) is 10.5. The lowest BCUT2D eigenvalue weighted by Gasteiger charge is -2.36. The zero-order valence-corrected chi connectivity index (χ0v) is 18.5. The molecule has 1 amide bonds. The number of hydrogen-bond donors (Lipinski definition) is 2. The van der Waals surface area contributed by atoms with Gasteiger partial charge in [0.1, 0.15) is 12.3 Å². The van der Waals surface area contributed by atoms with Crippen molar-refractivity contribution in [1.29, 1.82) is 0 Å². The third kappa shape index (κ3) is 6.23. The number of pyridine rings is 1. The van der Waals surface area contributed by atoms with Gasteiger partial charge in [0, 0.05) is 60.6 Å². The number of carbonyl (C=O) groups excluding carboxylic acids is 1. The molecule has 2 N–H and O–H groups in total. The van der Waals surface area contributed by atoms with E-state index in [1.165, 1.54) is 11.1 Å². The van der Waals surface area contributed by atoms with E-state index in [0.29, 0.717) is 0 Å². The number of anilines is 1. The molecule has 0 aliphatic carbocycles. The molecular formula is C23H23F3N4O2S. The standard InChI is InChI=1S/C23H23F3N4O2S/c24-23(25,26)15-28-22(32)16-1-3-19(4-2-16)30-7-5-29(6-8-30)13-21-10-18(14-33-21)17-9-20(31)12-27-11-17/h1-4,9-12,14,31H,5-8,13,15H2,(H,28,32). The van der Waals surface area contributed by atoms with E-state index >= 15 is 0 Å². The Balaban J connectivity index is 1.28. The van der Waals surface area contributed by atoms with Crippen LogP contribution in [0.1, 0.15) is 15.2 Å². The quantitative estimate of drug-likeness (QED) is 0.560. The van der Waals surface area contributed by atoms with Crippen LogP contribution in [0.3, 0.4) is 0 Å². The number of hydrogen-bond acceptors (Lipinski definition) is 6. The molecule has 1 aliphatic rings. The molecule has 33 heavy (non-hydrogen) atoms. The van der Waals surface area contributed by atoms with Crippen molar-refractivity contribution in [3.8, 4) is 16.9 Å². The Morgan fingerprint density at radius 3 is 2.45 bits per heavy atom. The first-order valence-electron chi connectivity index (χ1n) is 10.4. The van der Waals surface area contributed by atoms with Crippen LogP contribution in [0.5, 0.6) is 5.75 Å². The maximum absolute atomic E-state index is 12.3. The fourth-order valence-corrected chi connectivity index (χ4v) is 4.63. The molecule has 0 unspecified atom stereocenters. The van der Waals surface area contributed by atoms with Gasteiger partial charge in [0.25, 0.3) is 5.91 Å². The Hall–Kier alpha value is -3.11. The molecule has 0 spiro atoms. The van der Waals surface area contributed by atoms with Gasteiger partial charge in [-0.05, 0) is 47.3 Å². The van der Waals surface area contributed by atoms with Crippen molar-refractivity contribution in [2.75, 3.05) is 37.6 Å². The smallest absolute Gasteiger partial charge is 0.405 e. The number of benzene rings is 1. The minimum Gasteiger partial charge on any atom is -0.506 e. The van der Waals surface area contributed by atoms with Crippen LogP contribution < -0.4 is 10.2 Å². The van der Waals surface area contributed by atoms with Gasteiger partial charge in [-0.3, -0.25) is 14.7 Å². The largest absolute Gasteiger partial charge is 0.506 e. The highest BCUT2D eigenvalue weighted by atomic mass is 32.1. The molecule has 6 nitrogen and oxygen atoms in total. The summed E-state index contributed by atoms with van der Waals surface area (Å²) in [6.45, 7) is 2.86. The second-order valence-corrected chi connectivity index (χ2v) is 8.84. The zero-order valence-electron chi connectivity index (χ0n) is 17.7. The number of nitrogens with one attached hydrogen (secondary N) is 1. The fraction of sp³-hybridized carbons (Fsp3) is 0.304. The summed E-state index contributed by atoms with van der Waals surface area (Å²) in [5.41, 5.74) is 3.07. The van der Waals surface area contributed by atoms with Crippen LogP contribution in [-0.2, 0) is 6.54 Å². The lowest BCUT2D eigenvalue weighted by molar-refractivity contribution is -0.123. The monoisotopic (exact) mass is 476 g/mol. The summed E-state index contributed by atoms with van der Waals surface area (Å²) in [5, 5.41) is 13.6. The van der Waals surface area contributed by atoms with Gasteiger partial charge < -0.3 is 15.3 Å². The molecule has 3 aromatic rings. The predicted octanol–water partition coefficient (Wildman–Crippen LogP) is 4.13. The lowest BCUT2D eigenvalue weighted by Crippen LogP contribution is -2.45. The van der Waals surface area contributed by atoms with Crippen LogP contribution >= 0.6 is 11.3 Å². The molecule has 1 aromatic carbocycles. The van der Waals surface area contributed by atoms with E-state index in [1.807, 2.05) is 5.32 Å². The van der Waals surface area contributed by atoms with Crippen molar-refractivity contribution in [2.45, 2.75) is 12.7 Å². The number of nitrogens with zero attached hydrogens (tertiary/aromatic N) is 3. The number of halogens is 3. The number of piperazine rings is 1. The summed E-state index contributed by atoms with van der Waals surface area (Å²) in [7, 11) is 0.